The van der Waals surface area contributed by atoms with Gasteiger partial charge in [0, 0.05) is 12.1 Å². The second kappa shape index (κ2) is 8.91. The largest absolute Gasteiger partial charge is 0.493 e. The third-order valence-electron chi connectivity index (χ3n) is 5.04. The Morgan fingerprint density at radius 2 is 1.96 bits per heavy atom. The highest BCUT2D eigenvalue weighted by Crippen LogP contribution is 2.31. The first kappa shape index (κ1) is 19.2. The lowest BCUT2D eigenvalue weighted by molar-refractivity contribution is -0.122. The molecule has 0 saturated carbocycles. The zero-order valence-electron chi connectivity index (χ0n) is 16.3. The van der Waals surface area contributed by atoms with Crippen molar-refractivity contribution in [1.82, 2.24) is 10.2 Å². The number of nitrogens with zero attached hydrogens (tertiary/aromatic N) is 1. The monoisotopic (exact) mass is 368 g/mol. The maximum atomic E-state index is 12.6. The van der Waals surface area contributed by atoms with E-state index in [-0.39, 0.29) is 11.9 Å². The van der Waals surface area contributed by atoms with Gasteiger partial charge in [0.1, 0.15) is 0 Å². The number of methoxy groups -OCH3 is 2. The Hall–Kier alpha value is -2.53. The lowest BCUT2D eigenvalue weighted by atomic mass is 9.88. The molecule has 1 atom stereocenters. The normalized spacial score (nSPS) is 15.9. The van der Waals surface area contributed by atoms with Gasteiger partial charge in [-0.2, -0.15) is 0 Å². The summed E-state index contributed by atoms with van der Waals surface area (Å²) in [6.07, 6.45) is 3.20. The molecular formula is C22H28N2O3. The second-order valence-electron chi connectivity index (χ2n) is 7.04. The van der Waals surface area contributed by atoms with E-state index >= 15 is 0 Å². The Balaban J connectivity index is 1.61. The fourth-order valence-electron chi connectivity index (χ4n) is 3.81. The fourth-order valence-corrected chi connectivity index (χ4v) is 3.81. The number of para-hydroxylation sites is 1. The van der Waals surface area contributed by atoms with Gasteiger partial charge in [-0.05, 0) is 43.5 Å². The molecule has 27 heavy (non-hydrogen) atoms. The van der Waals surface area contributed by atoms with Crippen molar-refractivity contribution in [3.8, 4) is 11.5 Å². The SMILES string of the molecule is COc1cccc(CN(C)CC(=O)NC2CCCc3ccccc32)c1OC. The minimum atomic E-state index is 0.0427. The lowest BCUT2D eigenvalue weighted by Crippen LogP contribution is -2.38. The molecular weight excluding hydrogens is 340 g/mol. The first-order valence-electron chi connectivity index (χ1n) is 9.38. The van der Waals surface area contributed by atoms with Crippen LogP contribution in [-0.2, 0) is 17.8 Å². The molecule has 0 spiro atoms. The van der Waals surface area contributed by atoms with Gasteiger partial charge in [0.05, 0.1) is 26.8 Å². The van der Waals surface area contributed by atoms with Gasteiger partial charge in [-0.15, -0.1) is 0 Å². The van der Waals surface area contributed by atoms with Crippen LogP contribution in [0, 0.1) is 0 Å². The minimum Gasteiger partial charge on any atom is -0.493 e. The number of aryl methyl sites for hydroxylation is 1. The number of likely N-dealkylation sites (N-methyl/N-ethyl adjacent to an activating group) is 1. The fraction of sp³-hybridized carbons (Fsp3) is 0.409. The maximum Gasteiger partial charge on any atom is 0.234 e. The Morgan fingerprint density at radius 1 is 1.15 bits per heavy atom. The molecule has 0 bridgehead atoms. The predicted molar refractivity (Wildman–Crippen MR) is 106 cm³/mol. The summed E-state index contributed by atoms with van der Waals surface area (Å²) in [6, 6.07) is 14.3. The second-order valence-corrected chi connectivity index (χ2v) is 7.04. The van der Waals surface area contributed by atoms with E-state index in [0.29, 0.717) is 24.6 Å². The Labute approximate surface area is 161 Å². The van der Waals surface area contributed by atoms with Crippen LogP contribution < -0.4 is 14.8 Å². The Kier molecular flexibility index (Phi) is 6.35. The average molecular weight is 368 g/mol. The minimum absolute atomic E-state index is 0.0427. The molecule has 1 amide bonds. The van der Waals surface area contributed by atoms with E-state index in [4.69, 9.17) is 9.47 Å². The summed E-state index contributed by atoms with van der Waals surface area (Å²) < 4.78 is 10.8. The quantitative estimate of drug-likeness (QED) is 0.814. The molecule has 0 fully saturated rings. The smallest absolute Gasteiger partial charge is 0.234 e. The average Bonchev–Trinajstić information content (AvgIpc) is 2.67. The van der Waals surface area contributed by atoms with E-state index in [1.807, 2.05) is 36.2 Å². The van der Waals surface area contributed by atoms with Crippen LogP contribution in [0.4, 0.5) is 0 Å². The molecule has 1 aliphatic rings. The Morgan fingerprint density at radius 3 is 2.74 bits per heavy atom. The molecule has 5 heteroatoms. The van der Waals surface area contributed by atoms with E-state index in [2.05, 4.69) is 23.5 Å². The summed E-state index contributed by atoms with van der Waals surface area (Å²) in [5.74, 6) is 1.46. The zero-order chi connectivity index (χ0) is 19.2. The number of hydrogen-bond acceptors (Lipinski definition) is 4. The van der Waals surface area contributed by atoms with E-state index in [1.54, 1.807) is 14.2 Å². The zero-order valence-corrected chi connectivity index (χ0v) is 16.3. The van der Waals surface area contributed by atoms with E-state index < -0.39 is 0 Å². The van der Waals surface area contributed by atoms with Crippen LogP contribution in [0.5, 0.6) is 11.5 Å². The number of carbonyl (C=O) groups excluding carboxylic acids is 1. The van der Waals surface area contributed by atoms with E-state index in [1.165, 1.54) is 11.1 Å². The van der Waals surface area contributed by atoms with Crippen molar-refractivity contribution in [2.45, 2.75) is 31.8 Å². The number of hydrogen-bond donors (Lipinski definition) is 1. The summed E-state index contributed by atoms with van der Waals surface area (Å²) >= 11 is 0. The predicted octanol–water partition coefficient (Wildman–Crippen LogP) is 3.33. The molecule has 0 heterocycles. The maximum absolute atomic E-state index is 12.6. The molecule has 0 saturated heterocycles. The summed E-state index contributed by atoms with van der Waals surface area (Å²) in [4.78, 5) is 14.6. The van der Waals surface area contributed by atoms with Crippen molar-refractivity contribution in [1.29, 1.82) is 0 Å². The molecule has 5 nitrogen and oxygen atoms in total. The number of amides is 1. The molecule has 2 aromatic rings. The van der Waals surface area contributed by atoms with Crippen molar-refractivity contribution in [2.24, 2.45) is 0 Å². The van der Waals surface area contributed by atoms with Crippen LogP contribution in [0.25, 0.3) is 0 Å². The number of benzene rings is 2. The van der Waals surface area contributed by atoms with E-state index in [0.717, 1.165) is 24.8 Å². The molecule has 144 valence electrons. The van der Waals surface area contributed by atoms with Gasteiger partial charge in [-0.25, -0.2) is 0 Å². The first-order chi connectivity index (χ1) is 13.1. The summed E-state index contributed by atoms with van der Waals surface area (Å²) in [5.41, 5.74) is 3.60. The summed E-state index contributed by atoms with van der Waals surface area (Å²) in [5, 5.41) is 3.21. The van der Waals surface area contributed by atoms with Gasteiger partial charge in [0.25, 0.3) is 0 Å². The molecule has 0 radical (unpaired) electrons. The number of fused-ring (bicyclic) bond motifs is 1. The molecule has 0 aliphatic heterocycles. The van der Waals surface area contributed by atoms with Gasteiger partial charge < -0.3 is 14.8 Å². The van der Waals surface area contributed by atoms with Crippen LogP contribution in [-0.4, -0.2) is 38.6 Å². The highest BCUT2D eigenvalue weighted by molar-refractivity contribution is 5.78. The molecule has 1 unspecified atom stereocenters. The van der Waals surface area contributed by atoms with Gasteiger partial charge in [0.2, 0.25) is 5.91 Å². The van der Waals surface area contributed by atoms with Gasteiger partial charge in [-0.1, -0.05) is 36.4 Å². The number of ether oxygens (including phenoxy) is 2. The van der Waals surface area contributed by atoms with Crippen LogP contribution in [0.15, 0.2) is 42.5 Å². The van der Waals surface area contributed by atoms with Crippen LogP contribution in [0.1, 0.15) is 35.6 Å². The number of nitrogens with one attached hydrogen (secondary N) is 1. The number of carbonyl (C=O) groups is 1. The highest BCUT2D eigenvalue weighted by atomic mass is 16.5. The van der Waals surface area contributed by atoms with Gasteiger partial charge >= 0.3 is 0 Å². The molecule has 3 rings (SSSR count). The van der Waals surface area contributed by atoms with Crippen molar-refractivity contribution < 1.29 is 14.3 Å². The van der Waals surface area contributed by atoms with Crippen molar-refractivity contribution in [2.75, 3.05) is 27.8 Å². The van der Waals surface area contributed by atoms with Crippen molar-refractivity contribution in [3.63, 3.8) is 0 Å². The standard InChI is InChI=1S/C22H28N2O3/c1-24(14-17-10-7-13-20(26-2)22(17)27-3)15-21(25)23-19-12-6-9-16-8-4-5-11-18(16)19/h4-5,7-8,10-11,13,19H,6,9,12,14-15H2,1-3H3,(H,23,25). The first-order valence-corrected chi connectivity index (χ1v) is 9.38. The number of rotatable bonds is 7. The van der Waals surface area contributed by atoms with Gasteiger partial charge in [0.15, 0.2) is 11.5 Å². The Bertz CT molecular complexity index is 791. The van der Waals surface area contributed by atoms with Crippen molar-refractivity contribution >= 4 is 5.91 Å². The van der Waals surface area contributed by atoms with Crippen LogP contribution in [0.3, 0.4) is 0 Å². The third kappa shape index (κ3) is 4.61. The van der Waals surface area contributed by atoms with Crippen LogP contribution in [0.2, 0.25) is 0 Å². The topological polar surface area (TPSA) is 50.8 Å². The third-order valence-corrected chi connectivity index (χ3v) is 5.04. The molecule has 0 aromatic heterocycles. The summed E-state index contributed by atoms with van der Waals surface area (Å²) in [6.45, 7) is 0.939. The molecule has 1 aliphatic carbocycles. The van der Waals surface area contributed by atoms with E-state index in [9.17, 15) is 4.79 Å². The molecule has 1 N–H and O–H groups in total. The van der Waals surface area contributed by atoms with Gasteiger partial charge in [-0.3, -0.25) is 9.69 Å². The lowest BCUT2D eigenvalue weighted by Gasteiger charge is -2.27. The highest BCUT2D eigenvalue weighted by Gasteiger charge is 2.22. The van der Waals surface area contributed by atoms with Crippen LogP contribution >= 0.6 is 0 Å². The van der Waals surface area contributed by atoms with Crippen molar-refractivity contribution in [3.05, 3.63) is 59.2 Å². The summed E-state index contributed by atoms with van der Waals surface area (Å²) in [7, 11) is 5.20. The molecule has 2 aromatic carbocycles.